The standard InChI is InChI=1S/C16H19N5O2/c22-21(23)15-4-5-16(18-11-15)19-13-6-9-20(10-7-13)12-14-3-1-2-8-17-14/h1-5,8,11,13H,6-7,9-10,12H2,(H,18,19). The highest BCUT2D eigenvalue weighted by atomic mass is 16.6. The van der Waals surface area contributed by atoms with Gasteiger partial charge in [-0.15, -0.1) is 0 Å². The first-order valence-electron chi connectivity index (χ1n) is 7.70. The largest absolute Gasteiger partial charge is 0.367 e. The maximum absolute atomic E-state index is 10.6. The zero-order valence-electron chi connectivity index (χ0n) is 12.8. The minimum absolute atomic E-state index is 0.0146. The Balaban J connectivity index is 1.48. The van der Waals surface area contributed by atoms with Crippen molar-refractivity contribution < 1.29 is 4.92 Å². The fourth-order valence-corrected chi connectivity index (χ4v) is 2.74. The van der Waals surface area contributed by atoms with Gasteiger partial charge in [-0.25, -0.2) is 4.98 Å². The molecule has 7 heteroatoms. The summed E-state index contributed by atoms with van der Waals surface area (Å²) in [5.41, 5.74) is 1.11. The molecule has 23 heavy (non-hydrogen) atoms. The van der Waals surface area contributed by atoms with Gasteiger partial charge >= 0.3 is 0 Å². The summed E-state index contributed by atoms with van der Waals surface area (Å²) in [5, 5.41) is 14.0. The molecule has 0 bridgehead atoms. The Bertz CT molecular complexity index is 639. The van der Waals surface area contributed by atoms with Gasteiger partial charge in [0.25, 0.3) is 5.69 Å². The van der Waals surface area contributed by atoms with Crippen LogP contribution in [-0.4, -0.2) is 38.9 Å². The van der Waals surface area contributed by atoms with E-state index in [1.807, 2.05) is 24.4 Å². The molecule has 7 nitrogen and oxygen atoms in total. The van der Waals surface area contributed by atoms with Gasteiger partial charge in [-0.1, -0.05) is 6.07 Å². The van der Waals surface area contributed by atoms with Gasteiger partial charge < -0.3 is 5.32 Å². The lowest BCUT2D eigenvalue weighted by Crippen LogP contribution is -2.38. The highest BCUT2D eigenvalue weighted by Gasteiger charge is 2.19. The van der Waals surface area contributed by atoms with Crippen molar-refractivity contribution in [2.75, 3.05) is 18.4 Å². The number of hydrogen-bond acceptors (Lipinski definition) is 6. The van der Waals surface area contributed by atoms with Crippen LogP contribution in [0.25, 0.3) is 0 Å². The molecule has 0 amide bonds. The molecule has 0 saturated carbocycles. The number of aromatic nitrogens is 2. The summed E-state index contributed by atoms with van der Waals surface area (Å²) in [6.45, 7) is 2.88. The SMILES string of the molecule is O=[N+]([O-])c1ccc(NC2CCN(Cc3ccccn3)CC2)nc1. The van der Waals surface area contributed by atoms with Crippen LogP contribution in [0.2, 0.25) is 0 Å². The number of anilines is 1. The summed E-state index contributed by atoms with van der Waals surface area (Å²) in [4.78, 5) is 21.0. The normalized spacial score (nSPS) is 16.2. The molecule has 1 aliphatic rings. The Morgan fingerprint density at radius 2 is 2.04 bits per heavy atom. The second-order valence-electron chi connectivity index (χ2n) is 5.67. The van der Waals surface area contributed by atoms with E-state index in [2.05, 4.69) is 20.2 Å². The monoisotopic (exact) mass is 313 g/mol. The molecule has 2 aromatic rings. The van der Waals surface area contributed by atoms with Crippen molar-refractivity contribution in [3.63, 3.8) is 0 Å². The second kappa shape index (κ2) is 7.15. The summed E-state index contributed by atoms with van der Waals surface area (Å²) in [6.07, 6.45) is 5.15. The maximum atomic E-state index is 10.6. The summed E-state index contributed by atoms with van der Waals surface area (Å²) >= 11 is 0. The molecule has 2 aromatic heterocycles. The molecule has 1 N–H and O–H groups in total. The van der Waals surface area contributed by atoms with Crippen molar-refractivity contribution in [2.45, 2.75) is 25.4 Å². The van der Waals surface area contributed by atoms with E-state index in [1.165, 1.54) is 12.3 Å². The number of nitro groups is 1. The van der Waals surface area contributed by atoms with Gasteiger partial charge in [0.15, 0.2) is 0 Å². The van der Waals surface area contributed by atoms with Gasteiger partial charge in [-0.2, -0.15) is 0 Å². The molecule has 0 unspecified atom stereocenters. The van der Waals surface area contributed by atoms with Crippen LogP contribution in [0.4, 0.5) is 11.5 Å². The van der Waals surface area contributed by atoms with Crippen molar-refractivity contribution in [1.29, 1.82) is 0 Å². The van der Waals surface area contributed by atoms with Crippen molar-refractivity contribution in [3.05, 3.63) is 58.5 Å². The lowest BCUT2D eigenvalue weighted by Gasteiger charge is -2.32. The minimum Gasteiger partial charge on any atom is -0.367 e. The van der Waals surface area contributed by atoms with E-state index in [1.54, 1.807) is 6.07 Å². The summed E-state index contributed by atoms with van der Waals surface area (Å²) < 4.78 is 0. The molecular weight excluding hydrogens is 294 g/mol. The number of rotatable bonds is 5. The zero-order valence-corrected chi connectivity index (χ0v) is 12.8. The quantitative estimate of drug-likeness (QED) is 0.674. The highest BCUT2D eigenvalue weighted by molar-refractivity contribution is 5.40. The predicted octanol–water partition coefficient (Wildman–Crippen LogP) is 2.46. The third kappa shape index (κ3) is 4.23. The zero-order chi connectivity index (χ0) is 16.1. The van der Waals surface area contributed by atoms with Crippen LogP contribution in [0, 0.1) is 10.1 Å². The lowest BCUT2D eigenvalue weighted by molar-refractivity contribution is -0.385. The molecule has 1 saturated heterocycles. The van der Waals surface area contributed by atoms with E-state index in [0.717, 1.165) is 38.2 Å². The van der Waals surface area contributed by atoms with Crippen LogP contribution in [0.5, 0.6) is 0 Å². The van der Waals surface area contributed by atoms with E-state index in [9.17, 15) is 10.1 Å². The minimum atomic E-state index is -0.438. The van der Waals surface area contributed by atoms with Crippen molar-refractivity contribution in [3.8, 4) is 0 Å². The van der Waals surface area contributed by atoms with Gasteiger partial charge in [0.2, 0.25) is 0 Å². The van der Waals surface area contributed by atoms with E-state index in [-0.39, 0.29) is 5.69 Å². The molecule has 1 fully saturated rings. The summed E-state index contributed by atoms with van der Waals surface area (Å²) in [6, 6.07) is 9.48. The fourth-order valence-electron chi connectivity index (χ4n) is 2.74. The van der Waals surface area contributed by atoms with Gasteiger partial charge in [-0.05, 0) is 31.0 Å². The van der Waals surface area contributed by atoms with Gasteiger partial charge in [0.1, 0.15) is 12.0 Å². The smallest absolute Gasteiger partial charge is 0.287 e. The second-order valence-corrected chi connectivity index (χ2v) is 5.67. The molecule has 1 aliphatic heterocycles. The van der Waals surface area contributed by atoms with Gasteiger partial charge in [0.05, 0.1) is 10.6 Å². The number of nitrogens with zero attached hydrogens (tertiary/aromatic N) is 4. The third-order valence-electron chi connectivity index (χ3n) is 4.01. The number of pyridine rings is 2. The third-order valence-corrected chi connectivity index (χ3v) is 4.01. The Hall–Kier alpha value is -2.54. The van der Waals surface area contributed by atoms with E-state index < -0.39 is 4.92 Å². The topological polar surface area (TPSA) is 84.2 Å². The Morgan fingerprint density at radius 3 is 2.65 bits per heavy atom. The van der Waals surface area contributed by atoms with Crippen LogP contribution in [0.15, 0.2) is 42.7 Å². The van der Waals surface area contributed by atoms with E-state index in [4.69, 9.17) is 0 Å². The fraction of sp³-hybridized carbons (Fsp3) is 0.375. The van der Waals surface area contributed by atoms with Crippen molar-refractivity contribution in [1.82, 2.24) is 14.9 Å². The van der Waals surface area contributed by atoms with Crippen LogP contribution >= 0.6 is 0 Å². The Morgan fingerprint density at radius 1 is 1.22 bits per heavy atom. The molecule has 0 radical (unpaired) electrons. The summed E-state index contributed by atoms with van der Waals surface area (Å²) in [5.74, 6) is 0.693. The van der Waals surface area contributed by atoms with E-state index in [0.29, 0.717) is 11.9 Å². The van der Waals surface area contributed by atoms with Crippen LogP contribution in [-0.2, 0) is 6.54 Å². The Kier molecular flexibility index (Phi) is 4.77. The molecule has 120 valence electrons. The molecule has 0 spiro atoms. The lowest BCUT2D eigenvalue weighted by atomic mass is 10.0. The number of piperidine rings is 1. The van der Waals surface area contributed by atoms with Gasteiger partial charge in [0, 0.05) is 37.9 Å². The van der Waals surface area contributed by atoms with Crippen LogP contribution in [0.3, 0.4) is 0 Å². The van der Waals surface area contributed by atoms with Crippen molar-refractivity contribution in [2.24, 2.45) is 0 Å². The molecule has 0 aromatic carbocycles. The average Bonchev–Trinajstić information content (AvgIpc) is 2.58. The van der Waals surface area contributed by atoms with Crippen molar-refractivity contribution >= 4 is 11.5 Å². The highest BCUT2D eigenvalue weighted by Crippen LogP contribution is 2.18. The average molecular weight is 313 g/mol. The van der Waals surface area contributed by atoms with Crippen LogP contribution < -0.4 is 5.32 Å². The molecule has 0 atom stereocenters. The first-order valence-corrected chi connectivity index (χ1v) is 7.70. The maximum Gasteiger partial charge on any atom is 0.287 e. The number of likely N-dealkylation sites (tertiary alicyclic amines) is 1. The predicted molar refractivity (Wildman–Crippen MR) is 87.1 cm³/mol. The number of hydrogen-bond donors (Lipinski definition) is 1. The number of nitrogens with one attached hydrogen (secondary N) is 1. The first kappa shape index (κ1) is 15.4. The summed E-state index contributed by atoms with van der Waals surface area (Å²) in [7, 11) is 0. The van der Waals surface area contributed by atoms with E-state index >= 15 is 0 Å². The van der Waals surface area contributed by atoms with Gasteiger partial charge in [-0.3, -0.25) is 20.0 Å². The molecular formula is C16H19N5O2. The Labute approximate surface area is 134 Å². The molecule has 3 heterocycles. The first-order chi connectivity index (χ1) is 11.2. The molecule has 3 rings (SSSR count). The molecule has 0 aliphatic carbocycles. The van der Waals surface area contributed by atoms with Crippen LogP contribution in [0.1, 0.15) is 18.5 Å².